The van der Waals surface area contributed by atoms with E-state index in [0.29, 0.717) is 11.3 Å². The number of anilines is 1. The molecule has 0 unspecified atom stereocenters. The van der Waals surface area contributed by atoms with Crippen LogP contribution < -0.4 is 15.5 Å². The van der Waals surface area contributed by atoms with Gasteiger partial charge in [0, 0.05) is 11.9 Å². The van der Waals surface area contributed by atoms with Gasteiger partial charge in [0.15, 0.2) is 0 Å². The van der Waals surface area contributed by atoms with E-state index in [4.69, 9.17) is 4.74 Å². The van der Waals surface area contributed by atoms with Crippen molar-refractivity contribution < 1.29 is 22.7 Å². The Labute approximate surface area is 145 Å². The van der Waals surface area contributed by atoms with E-state index in [1.807, 2.05) is 0 Å². The van der Waals surface area contributed by atoms with E-state index in [-0.39, 0.29) is 16.6 Å². The van der Waals surface area contributed by atoms with Gasteiger partial charge in [-0.05, 0) is 30.3 Å². The van der Waals surface area contributed by atoms with Crippen LogP contribution in [-0.2, 0) is 6.18 Å². The Hall–Kier alpha value is -3.29. The lowest BCUT2D eigenvalue weighted by atomic mass is 10.1. The third-order valence-electron chi connectivity index (χ3n) is 3.79. The van der Waals surface area contributed by atoms with E-state index in [2.05, 4.69) is 10.3 Å². The largest absolute Gasteiger partial charge is 0.495 e. The molecule has 0 atom stereocenters. The minimum absolute atomic E-state index is 0.0602. The first kappa shape index (κ1) is 17.5. The van der Waals surface area contributed by atoms with Crippen molar-refractivity contribution in [3.63, 3.8) is 0 Å². The van der Waals surface area contributed by atoms with Gasteiger partial charge in [-0.2, -0.15) is 13.2 Å². The lowest BCUT2D eigenvalue weighted by Gasteiger charge is -2.10. The molecule has 0 fully saturated rings. The normalized spacial score (nSPS) is 11.4. The molecule has 0 saturated heterocycles. The number of benzene rings is 2. The van der Waals surface area contributed by atoms with E-state index in [9.17, 15) is 22.8 Å². The van der Waals surface area contributed by atoms with Crippen LogP contribution in [0.3, 0.4) is 0 Å². The number of nitrogens with one attached hydrogen (secondary N) is 2. The van der Waals surface area contributed by atoms with E-state index < -0.39 is 23.1 Å². The van der Waals surface area contributed by atoms with E-state index in [0.717, 1.165) is 12.1 Å². The van der Waals surface area contributed by atoms with Gasteiger partial charge in [0.25, 0.3) is 5.91 Å². The molecule has 0 bridgehead atoms. The Balaban J connectivity index is 1.96. The smallest absolute Gasteiger partial charge is 0.416 e. The van der Waals surface area contributed by atoms with Gasteiger partial charge in [0.1, 0.15) is 11.3 Å². The van der Waals surface area contributed by atoms with Gasteiger partial charge in [-0.25, -0.2) is 0 Å². The number of halogens is 3. The summed E-state index contributed by atoms with van der Waals surface area (Å²) in [5.41, 5.74) is -1.30. The first-order valence-corrected chi connectivity index (χ1v) is 7.48. The molecule has 5 nitrogen and oxygen atoms in total. The van der Waals surface area contributed by atoms with Crippen LogP contribution in [0.25, 0.3) is 10.9 Å². The summed E-state index contributed by atoms with van der Waals surface area (Å²) in [6.45, 7) is 0. The molecule has 0 saturated carbocycles. The number of amides is 1. The number of carbonyl (C=O) groups excluding carboxylic acids is 1. The maximum atomic E-state index is 12.8. The molecule has 3 rings (SSSR count). The highest BCUT2D eigenvalue weighted by molar-refractivity contribution is 6.06. The Kier molecular flexibility index (Phi) is 4.41. The van der Waals surface area contributed by atoms with Gasteiger partial charge in [-0.3, -0.25) is 9.59 Å². The number of H-pyrrole nitrogens is 1. The van der Waals surface area contributed by atoms with E-state index in [1.165, 1.54) is 31.5 Å². The molecule has 0 aliphatic rings. The highest BCUT2D eigenvalue weighted by Gasteiger charge is 2.30. The quantitative estimate of drug-likeness (QED) is 0.744. The van der Waals surface area contributed by atoms with Crippen molar-refractivity contribution in [3.8, 4) is 5.75 Å². The average Bonchev–Trinajstić information content (AvgIpc) is 2.61. The van der Waals surface area contributed by atoms with Crippen molar-refractivity contribution in [2.75, 3.05) is 12.4 Å². The van der Waals surface area contributed by atoms with Gasteiger partial charge >= 0.3 is 6.18 Å². The second kappa shape index (κ2) is 6.55. The molecule has 1 amide bonds. The van der Waals surface area contributed by atoms with Crippen LogP contribution in [0.15, 0.2) is 53.5 Å². The second-order valence-electron chi connectivity index (χ2n) is 5.45. The molecule has 1 aromatic heterocycles. The molecule has 0 radical (unpaired) electrons. The van der Waals surface area contributed by atoms with Crippen LogP contribution in [0.2, 0.25) is 0 Å². The fourth-order valence-corrected chi connectivity index (χ4v) is 2.53. The predicted octanol–water partition coefficient (Wildman–Crippen LogP) is 3.81. The number of fused-ring (bicyclic) bond motifs is 1. The number of rotatable bonds is 3. The number of ether oxygens (including phenoxy) is 1. The van der Waals surface area contributed by atoms with Crippen LogP contribution in [0.1, 0.15) is 15.9 Å². The Morgan fingerprint density at radius 2 is 1.88 bits per heavy atom. The Morgan fingerprint density at radius 3 is 2.58 bits per heavy atom. The van der Waals surface area contributed by atoms with Gasteiger partial charge < -0.3 is 15.0 Å². The van der Waals surface area contributed by atoms with E-state index in [1.54, 1.807) is 12.1 Å². The molecule has 1 heterocycles. The standard InChI is InChI=1S/C18H13F3N2O3/c1-26-14-7-3-6-12-15(14)22-9-13(16(12)24)17(25)23-11-5-2-4-10(8-11)18(19,20)21/h2-9H,1H3,(H,22,24)(H,23,25). The van der Waals surface area contributed by atoms with Crippen LogP contribution in [0, 0.1) is 0 Å². The number of aromatic amines is 1. The molecule has 26 heavy (non-hydrogen) atoms. The van der Waals surface area contributed by atoms with E-state index >= 15 is 0 Å². The van der Waals surface area contributed by atoms with Crippen LogP contribution in [0.4, 0.5) is 18.9 Å². The number of hydrogen-bond donors (Lipinski definition) is 2. The predicted molar refractivity (Wildman–Crippen MR) is 90.5 cm³/mol. The zero-order valence-corrected chi connectivity index (χ0v) is 13.5. The van der Waals surface area contributed by atoms with Crippen molar-refractivity contribution in [1.29, 1.82) is 0 Å². The summed E-state index contributed by atoms with van der Waals surface area (Å²) >= 11 is 0. The first-order valence-electron chi connectivity index (χ1n) is 7.48. The van der Waals surface area contributed by atoms with Gasteiger partial charge in [0.2, 0.25) is 5.43 Å². The molecule has 0 aliphatic carbocycles. The molecule has 3 aromatic rings. The lowest BCUT2D eigenvalue weighted by molar-refractivity contribution is -0.137. The van der Waals surface area contributed by atoms with Crippen LogP contribution in [0.5, 0.6) is 5.75 Å². The highest BCUT2D eigenvalue weighted by atomic mass is 19.4. The van der Waals surface area contributed by atoms with Crippen molar-refractivity contribution >= 4 is 22.5 Å². The number of carbonyl (C=O) groups is 1. The molecule has 8 heteroatoms. The summed E-state index contributed by atoms with van der Waals surface area (Å²) in [6.07, 6.45) is -3.33. The molecular formula is C18H13F3N2O3. The third-order valence-corrected chi connectivity index (χ3v) is 3.79. The summed E-state index contributed by atoms with van der Waals surface area (Å²) in [6, 6.07) is 8.96. The SMILES string of the molecule is COc1cccc2c(=O)c(C(=O)Nc3cccc(C(F)(F)F)c3)c[nH]c12. The topological polar surface area (TPSA) is 71.2 Å². The lowest BCUT2D eigenvalue weighted by Crippen LogP contribution is -2.22. The Bertz CT molecular complexity index is 1040. The summed E-state index contributed by atoms with van der Waals surface area (Å²) < 4.78 is 43.4. The van der Waals surface area contributed by atoms with Gasteiger partial charge in [-0.1, -0.05) is 12.1 Å². The minimum Gasteiger partial charge on any atom is -0.495 e. The zero-order valence-electron chi connectivity index (χ0n) is 13.5. The zero-order chi connectivity index (χ0) is 18.9. The summed E-state index contributed by atoms with van der Waals surface area (Å²) in [4.78, 5) is 27.7. The summed E-state index contributed by atoms with van der Waals surface area (Å²) in [5, 5.41) is 2.55. The summed E-state index contributed by atoms with van der Waals surface area (Å²) in [7, 11) is 1.45. The maximum absolute atomic E-state index is 12.8. The molecule has 0 aliphatic heterocycles. The average molecular weight is 362 g/mol. The second-order valence-corrected chi connectivity index (χ2v) is 5.45. The number of pyridine rings is 1. The Morgan fingerprint density at radius 1 is 1.15 bits per heavy atom. The van der Waals surface area contributed by atoms with Crippen LogP contribution >= 0.6 is 0 Å². The minimum atomic E-state index is -4.53. The number of alkyl halides is 3. The molecule has 2 aromatic carbocycles. The number of methoxy groups -OCH3 is 1. The van der Waals surface area contributed by atoms with Crippen molar-refractivity contribution in [1.82, 2.24) is 4.98 Å². The number of hydrogen-bond acceptors (Lipinski definition) is 3. The van der Waals surface area contributed by atoms with Crippen molar-refractivity contribution in [2.24, 2.45) is 0 Å². The fraction of sp³-hybridized carbons (Fsp3) is 0.111. The number of para-hydroxylation sites is 1. The first-order chi connectivity index (χ1) is 12.3. The monoisotopic (exact) mass is 362 g/mol. The van der Waals surface area contributed by atoms with Crippen molar-refractivity contribution in [3.05, 3.63) is 70.0 Å². The van der Waals surface area contributed by atoms with Gasteiger partial charge in [-0.15, -0.1) is 0 Å². The van der Waals surface area contributed by atoms with Crippen molar-refractivity contribution in [2.45, 2.75) is 6.18 Å². The third kappa shape index (κ3) is 3.26. The summed E-state index contributed by atoms with van der Waals surface area (Å²) in [5.74, 6) is -0.375. The molecule has 0 spiro atoms. The molecule has 134 valence electrons. The highest BCUT2D eigenvalue weighted by Crippen LogP contribution is 2.30. The maximum Gasteiger partial charge on any atom is 0.416 e. The van der Waals surface area contributed by atoms with Gasteiger partial charge in [0.05, 0.1) is 23.6 Å². The molecule has 2 N–H and O–H groups in total. The number of aromatic nitrogens is 1. The molecular weight excluding hydrogens is 349 g/mol. The fourth-order valence-electron chi connectivity index (χ4n) is 2.53. The van der Waals surface area contributed by atoms with Crippen LogP contribution in [-0.4, -0.2) is 18.0 Å².